The summed E-state index contributed by atoms with van der Waals surface area (Å²) in [4.78, 5) is 28.4. The zero-order valence-electron chi connectivity index (χ0n) is 17.8. The molecule has 2 amide bonds. The van der Waals surface area contributed by atoms with E-state index in [1.54, 1.807) is 0 Å². The van der Waals surface area contributed by atoms with Gasteiger partial charge in [0.25, 0.3) is 11.8 Å². The summed E-state index contributed by atoms with van der Waals surface area (Å²) in [6, 6.07) is 13.1. The van der Waals surface area contributed by atoms with Gasteiger partial charge in [-0.1, -0.05) is 32.0 Å². The Morgan fingerprint density at radius 1 is 0.862 bits per heavy atom. The van der Waals surface area contributed by atoms with Crippen LogP contribution in [0.25, 0.3) is 5.57 Å². The first-order chi connectivity index (χ1) is 13.7. The van der Waals surface area contributed by atoms with Crippen LogP contribution in [0.3, 0.4) is 0 Å². The van der Waals surface area contributed by atoms with Gasteiger partial charge in [-0.15, -0.1) is 11.8 Å². The minimum absolute atomic E-state index is 0.0714. The highest BCUT2D eigenvalue weighted by atomic mass is 32.2. The molecule has 0 fully saturated rings. The van der Waals surface area contributed by atoms with Crippen LogP contribution in [0.4, 0.5) is 5.69 Å². The summed E-state index contributed by atoms with van der Waals surface area (Å²) >= 11 is 1.43. The molecule has 0 radical (unpaired) electrons. The molecule has 5 heteroatoms. The fraction of sp³-hybridized carbons (Fsp3) is 0.333. The Morgan fingerprint density at radius 3 is 2.07 bits per heavy atom. The summed E-state index contributed by atoms with van der Waals surface area (Å²) in [5.41, 5.74) is 3.97. The van der Waals surface area contributed by atoms with Gasteiger partial charge in [0, 0.05) is 5.25 Å². The molecule has 29 heavy (non-hydrogen) atoms. The third-order valence-corrected chi connectivity index (χ3v) is 5.74. The molecule has 152 valence electrons. The number of imide groups is 1. The number of amides is 2. The Morgan fingerprint density at radius 2 is 1.52 bits per heavy atom. The van der Waals surface area contributed by atoms with E-state index < -0.39 is 0 Å². The second-order valence-corrected chi connectivity index (χ2v) is 9.36. The predicted molar refractivity (Wildman–Crippen MR) is 120 cm³/mol. The summed E-state index contributed by atoms with van der Waals surface area (Å²) in [6.07, 6.45) is 0.0714. The Kier molecular flexibility index (Phi) is 6.18. The zero-order valence-corrected chi connectivity index (χ0v) is 18.6. The van der Waals surface area contributed by atoms with Crippen LogP contribution in [0.1, 0.15) is 44.4 Å². The number of benzene rings is 2. The fourth-order valence-corrected chi connectivity index (χ4v) is 4.17. The Balaban J connectivity index is 2.04. The second-order valence-electron chi connectivity index (χ2n) is 7.78. The summed E-state index contributed by atoms with van der Waals surface area (Å²) in [5.74, 6) is 0.207. The van der Waals surface area contributed by atoms with E-state index in [1.165, 1.54) is 16.7 Å². The van der Waals surface area contributed by atoms with Gasteiger partial charge in [0.2, 0.25) is 0 Å². The Labute approximate surface area is 176 Å². The lowest BCUT2D eigenvalue weighted by atomic mass is 10.1. The summed E-state index contributed by atoms with van der Waals surface area (Å²) in [6.45, 7) is 12.0. The van der Waals surface area contributed by atoms with Crippen molar-refractivity contribution in [2.45, 2.75) is 52.9 Å². The molecule has 2 aromatic rings. The molecule has 0 unspecified atom stereocenters. The smallest absolute Gasteiger partial charge is 0.272 e. The van der Waals surface area contributed by atoms with Gasteiger partial charge in [-0.2, -0.15) is 0 Å². The number of hydrogen-bond donors (Lipinski definition) is 0. The van der Waals surface area contributed by atoms with Crippen LogP contribution < -0.4 is 9.64 Å². The topological polar surface area (TPSA) is 46.6 Å². The second kappa shape index (κ2) is 8.46. The Bertz CT molecular complexity index is 974. The van der Waals surface area contributed by atoms with Crippen molar-refractivity contribution in [3.63, 3.8) is 0 Å². The summed E-state index contributed by atoms with van der Waals surface area (Å²) in [7, 11) is 0. The van der Waals surface area contributed by atoms with Crippen molar-refractivity contribution in [3.05, 3.63) is 64.1 Å². The van der Waals surface area contributed by atoms with Gasteiger partial charge in [0.1, 0.15) is 5.75 Å². The van der Waals surface area contributed by atoms with Crippen molar-refractivity contribution in [1.82, 2.24) is 0 Å². The van der Waals surface area contributed by atoms with Crippen LogP contribution in [-0.2, 0) is 9.59 Å². The molecule has 0 spiro atoms. The highest BCUT2D eigenvalue weighted by Gasteiger charge is 2.40. The lowest BCUT2D eigenvalue weighted by Crippen LogP contribution is -2.31. The van der Waals surface area contributed by atoms with Gasteiger partial charge in [-0.25, -0.2) is 4.90 Å². The van der Waals surface area contributed by atoms with Crippen LogP contribution in [0.5, 0.6) is 5.75 Å². The van der Waals surface area contributed by atoms with Gasteiger partial charge >= 0.3 is 0 Å². The van der Waals surface area contributed by atoms with E-state index in [4.69, 9.17) is 4.74 Å². The van der Waals surface area contributed by atoms with E-state index in [2.05, 4.69) is 0 Å². The molecule has 0 aliphatic carbocycles. The van der Waals surface area contributed by atoms with E-state index in [9.17, 15) is 9.59 Å². The normalized spacial score (nSPS) is 14.6. The maximum atomic E-state index is 13.4. The SMILES string of the molecule is Cc1ccc(N2C(=O)C(SC(C)C)=C(c3ccc(OC(C)C)cc3)C2=O)cc1C. The van der Waals surface area contributed by atoms with Crippen molar-refractivity contribution < 1.29 is 14.3 Å². The predicted octanol–water partition coefficient (Wildman–Crippen LogP) is 5.52. The first kappa shape index (κ1) is 21.2. The zero-order chi connectivity index (χ0) is 21.3. The van der Waals surface area contributed by atoms with E-state index in [0.29, 0.717) is 16.2 Å². The largest absolute Gasteiger partial charge is 0.491 e. The molecular weight excluding hydrogens is 382 g/mol. The lowest BCUT2D eigenvalue weighted by molar-refractivity contribution is -0.119. The lowest BCUT2D eigenvalue weighted by Gasteiger charge is -2.17. The molecule has 0 aromatic heterocycles. The number of aryl methyl sites for hydroxylation is 2. The van der Waals surface area contributed by atoms with Gasteiger partial charge in [-0.05, 0) is 68.7 Å². The quantitative estimate of drug-likeness (QED) is 0.590. The third kappa shape index (κ3) is 4.40. The molecule has 2 aromatic carbocycles. The number of hydrogen-bond acceptors (Lipinski definition) is 4. The number of thioether (sulfide) groups is 1. The average molecular weight is 410 g/mol. The molecule has 3 rings (SSSR count). The molecule has 0 bridgehead atoms. The number of carbonyl (C=O) groups is 2. The van der Waals surface area contributed by atoms with Crippen molar-refractivity contribution in [2.75, 3.05) is 4.90 Å². The number of anilines is 1. The Hall–Kier alpha value is -2.53. The van der Waals surface area contributed by atoms with Gasteiger partial charge in [-0.3, -0.25) is 9.59 Å². The van der Waals surface area contributed by atoms with Crippen LogP contribution >= 0.6 is 11.8 Å². The van der Waals surface area contributed by atoms with E-state index in [0.717, 1.165) is 22.4 Å². The maximum absolute atomic E-state index is 13.4. The first-order valence-corrected chi connectivity index (χ1v) is 10.7. The molecule has 1 heterocycles. The van der Waals surface area contributed by atoms with Gasteiger partial charge in [0.15, 0.2) is 0 Å². The molecule has 1 aliphatic heterocycles. The molecule has 0 saturated carbocycles. The molecule has 0 saturated heterocycles. The fourth-order valence-electron chi connectivity index (χ4n) is 3.18. The van der Waals surface area contributed by atoms with Crippen molar-refractivity contribution in [2.24, 2.45) is 0 Å². The minimum Gasteiger partial charge on any atom is -0.491 e. The minimum atomic E-state index is -0.279. The van der Waals surface area contributed by atoms with E-state index in [1.807, 2.05) is 84.0 Å². The van der Waals surface area contributed by atoms with Crippen LogP contribution in [0.15, 0.2) is 47.4 Å². The average Bonchev–Trinajstić information content (AvgIpc) is 2.87. The van der Waals surface area contributed by atoms with Gasteiger partial charge in [0.05, 0.1) is 22.3 Å². The highest BCUT2D eigenvalue weighted by Crippen LogP contribution is 2.40. The van der Waals surface area contributed by atoms with Crippen LogP contribution in [0, 0.1) is 13.8 Å². The molecule has 4 nitrogen and oxygen atoms in total. The van der Waals surface area contributed by atoms with E-state index >= 15 is 0 Å². The number of carbonyl (C=O) groups excluding carboxylic acids is 2. The number of ether oxygens (including phenoxy) is 1. The number of nitrogens with zero attached hydrogens (tertiary/aromatic N) is 1. The van der Waals surface area contributed by atoms with Crippen LogP contribution in [-0.4, -0.2) is 23.2 Å². The first-order valence-electron chi connectivity index (χ1n) is 9.83. The molecular formula is C24H27NO3S. The number of rotatable bonds is 6. The molecule has 0 N–H and O–H groups in total. The van der Waals surface area contributed by atoms with Crippen molar-refractivity contribution in [3.8, 4) is 5.75 Å². The van der Waals surface area contributed by atoms with Crippen LogP contribution in [0.2, 0.25) is 0 Å². The standard InChI is InChI=1S/C24H27NO3S/c1-14(2)28-20-11-8-18(9-12-20)21-22(29-15(3)4)24(27)25(23(21)26)19-10-7-16(5)17(6)13-19/h7-15H,1-6H3. The molecule has 1 aliphatic rings. The van der Waals surface area contributed by atoms with E-state index in [-0.39, 0.29) is 23.2 Å². The van der Waals surface area contributed by atoms with Gasteiger partial charge < -0.3 is 4.74 Å². The highest BCUT2D eigenvalue weighted by molar-refractivity contribution is 8.04. The molecule has 0 atom stereocenters. The third-order valence-electron chi connectivity index (χ3n) is 4.66. The summed E-state index contributed by atoms with van der Waals surface area (Å²) in [5, 5.41) is 0.181. The van der Waals surface area contributed by atoms with Crippen molar-refractivity contribution >= 4 is 34.8 Å². The summed E-state index contributed by atoms with van der Waals surface area (Å²) < 4.78 is 5.70. The monoisotopic (exact) mass is 409 g/mol. The maximum Gasteiger partial charge on any atom is 0.272 e. The van der Waals surface area contributed by atoms with Crippen molar-refractivity contribution in [1.29, 1.82) is 0 Å².